The second kappa shape index (κ2) is 9.32. The molecule has 0 radical (unpaired) electrons. The predicted octanol–water partition coefficient (Wildman–Crippen LogP) is 4.81. The lowest BCUT2D eigenvalue weighted by molar-refractivity contribution is -0.141. The number of aryl methyl sites for hydroxylation is 1. The summed E-state index contributed by atoms with van der Waals surface area (Å²) in [5.74, 6) is -0.798. The molecule has 2 rings (SSSR count). The highest BCUT2D eigenvalue weighted by molar-refractivity contribution is 7.84. The standard InChI is InChI=1S/C21H26ClFN2O3S/c1-12-7-8-15(23)13(2)20(12)14-9-16(24-18(22)10-14)17(11-19(26)28-6)25-29(27)21(3,4)5/h7-10,17,25H,11H2,1-6H3/t17-,29+/m0/s1. The van der Waals surface area contributed by atoms with Crippen LogP contribution in [0.25, 0.3) is 11.1 Å². The van der Waals surface area contributed by atoms with E-state index in [2.05, 4.69) is 9.71 Å². The van der Waals surface area contributed by atoms with Crippen LogP contribution in [0.5, 0.6) is 0 Å². The first-order valence-corrected chi connectivity index (χ1v) is 10.6. The van der Waals surface area contributed by atoms with Gasteiger partial charge in [0.2, 0.25) is 0 Å². The average Bonchev–Trinajstić information content (AvgIpc) is 2.63. The molecule has 2 atom stereocenters. The lowest BCUT2D eigenvalue weighted by Gasteiger charge is -2.24. The number of ether oxygens (including phenoxy) is 1. The monoisotopic (exact) mass is 440 g/mol. The summed E-state index contributed by atoms with van der Waals surface area (Å²) >= 11 is 6.26. The van der Waals surface area contributed by atoms with E-state index in [0.29, 0.717) is 22.4 Å². The summed E-state index contributed by atoms with van der Waals surface area (Å²) in [4.78, 5) is 16.3. The van der Waals surface area contributed by atoms with Crippen molar-refractivity contribution in [2.75, 3.05) is 7.11 Å². The first-order chi connectivity index (χ1) is 13.4. The highest BCUT2D eigenvalue weighted by Crippen LogP contribution is 2.32. The Morgan fingerprint density at radius 1 is 1.31 bits per heavy atom. The molecule has 1 heterocycles. The van der Waals surface area contributed by atoms with E-state index in [1.165, 1.54) is 13.2 Å². The molecule has 0 aliphatic rings. The van der Waals surface area contributed by atoms with Crippen molar-refractivity contribution >= 4 is 28.6 Å². The van der Waals surface area contributed by atoms with Gasteiger partial charge in [-0.25, -0.2) is 18.3 Å². The number of methoxy groups -OCH3 is 1. The van der Waals surface area contributed by atoms with Gasteiger partial charge < -0.3 is 4.74 Å². The van der Waals surface area contributed by atoms with E-state index in [0.717, 1.165) is 5.56 Å². The zero-order valence-corrected chi connectivity index (χ0v) is 19.0. The van der Waals surface area contributed by atoms with E-state index in [-0.39, 0.29) is 17.4 Å². The Labute approximate surface area is 178 Å². The van der Waals surface area contributed by atoms with Gasteiger partial charge in [0.25, 0.3) is 0 Å². The van der Waals surface area contributed by atoms with E-state index in [1.807, 2.05) is 27.7 Å². The fourth-order valence-corrected chi connectivity index (χ4v) is 3.90. The smallest absolute Gasteiger partial charge is 0.307 e. The molecule has 0 bridgehead atoms. The maximum absolute atomic E-state index is 14.2. The van der Waals surface area contributed by atoms with Crippen LogP contribution in [0.1, 0.15) is 50.1 Å². The molecule has 0 aliphatic heterocycles. The molecule has 0 saturated carbocycles. The quantitative estimate of drug-likeness (QED) is 0.516. The second-order valence-electron chi connectivity index (χ2n) is 7.80. The van der Waals surface area contributed by atoms with Crippen LogP contribution in [0.15, 0.2) is 24.3 Å². The number of benzene rings is 1. The minimum Gasteiger partial charge on any atom is -0.469 e. The van der Waals surface area contributed by atoms with Gasteiger partial charge in [0.1, 0.15) is 11.0 Å². The summed E-state index contributed by atoms with van der Waals surface area (Å²) in [5.41, 5.74) is 3.19. The van der Waals surface area contributed by atoms with E-state index in [1.54, 1.807) is 25.1 Å². The lowest BCUT2D eigenvalue weighted by Crippen LogP contribution is -2.37. The first kappa shape index (κ1) is 23.4. The SMILES string of the molecule is COC(=O)C[C@H](N[S@](=O)C(C)(C)C)c1cc(-c2c(C)ccc(F)c2C)cc(Cl)n1. The van der Waals surface area contributed by atoms with Crippen molar-refractivity contribution in [2.45, 2.75) is 51.8 Å². The number of hydrogen-bond donors (Lipinski definition) is 1. The van der Waals surface area contributed by atoms with Crippen molar-refractivity contribution in [1.29, 1.82) is 0 Å². The van der Waals surface area contributed by atoms with Crippen LogP contribution in [0.3, 0.4) is 0 Å². The normalized spacial score (nSPS) is 13.8. The van der Waals surface area contributed by atoms with Gasteiger partial charge in [-0.05, 0) is 75.1 Å². The van der Waals surface area contributed by atoms with Gasteiger partial charge in [0.15, 0.2) is 0 Å². The van der Waals surface area contributed by atoms with Gasteiger partial charge in [-0.2, -0.15) is 0 Å². The number of carbonyl (C=O) groups excluding carboxylic acids is 1. The molecule has 0 amide bonds. The summed E-state index contributed by atoms with van der Waals surface area (Å²) in [6, 6.07) is 5.82. The summed E-state index contributed by atoms with van der Waals surface area (Å²) < 4.78 is 34.0. The summed E-state index contributed by atoms with van der Waals surface area (Å²) in [6.45, 7) is 9.05. The first-order valence-electron chi connectivity index (χ1n) is 9.12. The van der Waals surface area contributed by atoms with E-state index in [4.69, 9.17) is 16.3 Å². The predicted molar refractivity (Wildman–Crippen MR) is 115 cm³/mol. The van der Waals surface area contributed by atoms with Crippen molar-refractivity contribution in [1.82, 2.24) is 9.71 Å². The summed E-state index contributed by atoms with van der Waals surface area (Å²) in [6.07, 6.45) is -0.0772. The average molecular weight is 441 g/mol. The maximum atomic E-state index is 14.2. The van der Waals surface area contributed by atoms with E-state index >= 15 is 0 Å². The molecule has 1 N–H and O–H groups in total. The maximum Gasteiger partial charge on any atom is 0.307 e. The zero-order valence-electron chi connectivity index (χ0n) is 17.4. The van der Waals surface area contributed by atoms with Crippen LogP contribution in [0, 0.1) is 19.7 Å². The van der Waals surface area contributed by atoms with Gasteiger partial charge in [-0.1, -0.05) is 17.7 Å². The molecule has 5 nitrogen and oxygen atoms in total. The Kier molecular flexibility index (Phi) is 7.54. The molecule has 8 heteroatoms. The van der Waals surface area contributed by atoms with Gasteiger partial charge in [-0.3, -0.25) is 4.79 Å². The molecule has 0 saturated heterocycles. The summed E-state index contributed by atoms with van der Waals surface area (Å²) in [7, 11) is -0.169. The van der Waals surface area contributed by atoms with Gasteiger partial charge in [0, 0.05) is 0 Å². The molecule has 0 unspecified atom stereocenters. The van der Waals surface area contributed by atoms with Gasteiger partial charge in [0.05, 0.1) is 41.0 Å². The minimum absolute atomic E-state index is 0.0772. The third-order valence-corrected chi connectivity index (χ3v) is 6.28. The molecular weight excluding hydrogens is 415 g/mol. The number of aromatic nitrogens is 1. The van der Waals surface area contributed by atoms with Crippen LogP contribution in [0.4, 0.5) is 4.39 Å². The van der Waals surface area contributed by atoms with Crippen LogP contribution in [-0.4, -0.2) is 27.0 Å². The fourth-order valence-electron chi connectivity index (χ4n) is 2.87. The summed E-state index contributed by atoms with van der Waals surface area (Å²) in [5, 5.41) is 0.193. The van der Waals surface area contributed by atoms with Gasteiger partial charge in [-0.15, -0.1) is 0 Å². The Balaban J connectivity index is 2.57. The Morgan fingerprint density at radius 3 is 2.55 bits per heavy atom. The minimum atomic E-state index is -1.46. The molecule has 1 aromatic heterocycles. The van der Waals surface area contributed by atoms with E-state index in [9.17, 15) is 13.4 Å². The lowest BCUT2D eigenvalue weighted by atomic mass is 9.94. The number of pyridine rings is 1. The molecule has 1 aromatic carbocycles. The highest BCUT2D eigenvalue weighted by Gasteiger charge is 2.27. The molecule has 0 fully saturated rings. The Hall–Kier alpha value is -1.83. The van der Waals surface area contributed by atoms with Crippen LogP contribution in [0.2, 0.25) is 5.15 Å². The van der Waals surface area contributed by atoms with Crippen LogP contribution >= 0.6 is 11.6 Å². The number of esters is 1. The van der Waals surface area contributed by atoms with Gasteiger partial charge >= 0.3 is 5.97 Å². The largest absolute Gasteiger partial charge is 0.469 e. The van der Waals surface area contributed by atoms with Crippen LogP contribution in [-0.2, 0) is 20.5 Å². The van der Waals surface area contributed by atoms with E-state index < -0.39 is 27.7 Å². The molecule has 0 spiro atoms. The molecule has 2 aromatic rings. The molecule has 158 valence electrons. The van der Waals surface area contributed by atoms with Crippen molar-refractivity contribution in [3.63, 3.8) is 0 Å². The third kappa shape index (κ3) is 5.84. The number of nitrogens with zero attached hydrogens (tertiary/aromatic N) is 1. The number of halogens is 2. The fraction of sp³-hybridized carbons (Fsp3) is 0.429. The molecule has 29 heavy (non-hydrogen) atoms. The Morgan fingerprint density at radius 2 is 1.97 bits per heavy atom. The number of carbonyl (C=O) groups is 1. The van der Waals surface area contributed by atoms with Crippen LogP contribution < -0.4 is 4.72 Å². The Bertz CT molecular complexity index is 944. The molecule has 0 aliphatic carbocycles. The number of rotatable bonds is 6. The number of hydrogen-bond acceptors (Lipinski definition) is 4. The van der Waals surface area contributed by atoms with Crippen molar-refractivity contribution in [2.24, 2.45) is 0 Å². The van der Waals surface area contributed by atoms with Crippen molar-refractivity contribution in [3.05, 3.63) is 52.1 Å². The zero-order chi connectivity index (χ0) is 21.9. The third-order valence-electron chi connectivity index (χ3n) is 4.47. The number of nitrogens with one attached hydrogen (secondary N) is 1. The van der Waals surface area contributed by atoms with Crippen molar-refractivity contribution in [3.8, 4) is 11.1 Å². The van der Waals surface area contributed by atoms with Crippen molar-refractivity contribution < 1.29 is 18.1 Å². The second-order valence-corrected chi connectivity index (χ2v) is 10.2. The highest BCUT2D eigenvalue weighted by atomic mass is 35.5. The molecular formula is C21H26ClFN2O3S. The topological polar surface area (TPSA) is 68.3 Å².